The molecule has 0 unspecified atom stereocenters. The SMILES string of the molecule is CC(C)(C)OC(=O)NC(C)(C)c1ccc(-c2ccc(Br)cc2)nc1. The van der Waals surface area contributed by atoms with E-state index in [9.17, 15) is 4.79 Å². The molecule has 1 N–H and O–H groups in total. The summed E-state index contributed by atoms with van der Waals surface area (Å²) in [4.78, 5) is 16.5. The topological polar surface area (TPSA) is 51.2 Å². The van der Waals surface area contributed by atoms with Gasteiger partial charge in [0, 0.05) is 16.2 Å². The van der Waals surface area contributed by atoms with Gasteiger partial charge in [-0.3, -0.25) is 4.98 Å². The summed E-state index contributed by atoms with van der Waals surface area (Å²) < 4.78 is 6.36. The number of hydrogen-bond donors (Lipinski definition) is 1. The van der Waals surface area contributed by atoms with Gasteiger partial charge in [0.25, 0.3) is 0 Å². The molecule has 0 fully saturated rings. The van der Waals surface area contributed by atoms with Gasteiger partial charge < -0.3 is 10.1 Å². The fraction of sp³-hybridized carbons (Fsp3) is 0.368. The summed E-state index contributed by atoms with van der Waals surface area (Å²) >= 11 is 3.43. The van der Waals surface area contributed by atoms with Gasteiger partial charge in [0.1, 0.15) is 5.60 Å². The van der Waals surface area contributed by atoms with Gasteiger partial charge in [-0.15, -0.1) is 0 Å². The average Bonchev–Trinajstić information content (AvgIpc) is 2.45. The molecule has 0 saturated heterocycles. The molecule has 0 atom stereocenters. The zero-order valence-electron chi connectivity index (χ0n) is 14.7. The van der Waals surface area contributed by atoms with Crippen LogP contribution in [-0.4, -0.2) is 16.7 Å². The second-order valence-electron chi connectivity index (χ2n) is 7.19. The van der Waals surface area contributed by atoms with Crippen molar-refractivity contribution in [2.45, 2.75) is 45.8 Å². The van der Waals surface area contributed by atoms with Gasteiger partial charge in [-0.25, -0.2) is 4.79 Å². The van der Waals surface area contributed by atoms with E-state index >= 15 is 0 Å². The maximum Gasteiger partial charge on any atom is 0.408 e. The Balaban J connectivity index is 2.13. The molecule has 5 heteroatoms. The number of amides is 1. The van der Waals surface area contributed by atoms with E-state index in [-0.39, 0.29) is 0 Å². The molecule has 2 aromatic rings. The Kier molecular flexibility index (Phi) is 5.33. The first-order valence-electron chi connectivity index (χ1n) is 7.80. The van der Waals surface area contributed by atoms with Gasteiger partial charge in [-0.1, -0.05) is 34.1 Å². The lowest BCUT2D eigenvalue weighted by atomic mass is 9.95. The van der Waals surface area contributed by atoms with Gasteiger partial charge in [-0.05, 0) is 58.4 Å². The van der Waals surface area contributed by atoms with Crippen LogP contribution in [0, 0.1) is 0 Å². The molecule has 0 radical (unpaired) electrons. The third-order valence-electron chi connectivity index (χ3n) is 3.44. The second-order valence-corrected chi connectivity index (χ2v) is 8.11. The summed E-state index contributed by atoms with van der Waals surface area (Å²) in [7, 11) is 0. The summed E-state index contributed by atoms with van der Waals surface area (Å²) in [5.74, 6) is 0. The third kappa shape index (κ3) is 5.06. The monoisotopic (exact) mass is 390 g/mol. The molecule has 1 heterocycles. The van der Waals surface area contributed by atoms with Crippen molar-refractivity contribution in [3.05, 3.63) is 52.6 Å². The lowest BCUT2D eigenvalue weighted by Crippen LogP contribution is -2.43. The van der Waals surface area contributed by atoms with Gasteiger partial charge in [0.05, 0.1) is 11.2 Å². The number of benzene rings is 1. The number of pyridine rings is 1. The number of nitrogens with zero attached hydrogens (tertiary/aromatic N) is 1. The lowest BCUT2D eigenvalue weighted by molar-refractivity contribution is 0.0470. The molecule has 4 nitrogen and oxygen atoms in total. The van der Waals surface area contributed by atoms with Crippen LogP contribution < -0.4 is 5.32 Å². The van der Waals surface area contributed by atoms with Crippen LogP contribution in [-0.2, 0) is 10.3 Å². The molecule has 0 aliphatic carbocycles. The van der Waals surface area contributed by atoms with Gasteiger partial charge in [0.2, 0.25) is 0 Å². The van der Waals surface area contributed by atoms with Gasteiger partial charge in [-0.2, -0.15) is 0 Å². The Morgan fingerprint density at radius 1 is 1.04 bits per heavy atom. The zero-order valence-corrected chi connectivity index (χ0v) is 16.3. The number of rotatable bonds is 3. The Labute approximate surface area is 151 Å². The highest BCUT2D eigenvalue weighted by Crippen LogP contribution is 2.24. The molecule has 24 heavy (non-hydrogen) atoms. The lowest BCUT2D eigenvalue weighted by Gasteiger charge is -2.29. The van der Waals surface area contributed by atoms with Crippen molar-refractivity contribution in [1.82, 2.24) is 10.3 Å². The summed E-state index contributed by atoms with van der Waals surface area (Å²) in [5.41, 5.74) is 1.74. The van der Waals surface area contributed by atoms with Crippen LogP contribution in [0.2, 0.25) is 0 Å². The largest absolute Gasteiger partial charge is 0.444 e. The maximum absolute atomic E-state index is 12.0. The minimum Gasteiger partial charge on any atom is -0.444 e. The predicted octanol–water partition coefficient (Wildman–Crippen LogP) is 5.27. The Bertz CT molecular complexity index is 702. The van der Waals surface area contributed by atoms with Crippen LogP contribution in [0.15, 0.2) is 47.1 Å². The van der Waals surface area contributed by atoms with Crippen LogP contribution >= 0.6 is 15.9 Å². The van der Waals surface area contributed by atoms with E-state index < -0.39 is 17.2 Å². The Morgan fingerprint density at radius 2 is 1.67 bits per heavy atom. The first-order valence-corrected chi connectivity index (χ1v) is 8.60. The number of halogens is 1. The minimum absolute atomic E-state index is 0.440. The average molecular weight is 391 g/mol. The molecule has 0 aliphatic heterocycles. The van der Waals surface area contributed by atoms with E-state index in [2.05, 4.69) is 26.2 Å². The van der Waals surface area contributed by atoms with Gasteiger partial charge >= 0.3 is 6.09 Å². The first kappa shape index (κ1) is 18.5. The number of nitrogens with one attached hydrogen (secondary N) is 1. The van der Waals surface area contributed by atoms with E-state index in [4.69, 9.17) is 4.74 Å². The van der Waals surface area contributed by atoms with E-state index in [1.54, 1.807) is 6.20 Å². The van der Waals surface area contributed by atoms with Crippen molar-refractivity contribution in [2.24, 2.45) is 0 Å². The fourth-order valence-corrected chi connectivity index (χ4v) is 2.45. The predicted molar refractivity (Wildman–Crippen MR) is 99.8 cm³/mol. The van der Waals surface area contributed by atoms with Crippen molar-refractivity contribution in [3.8, 4) is 11.3 Å². The highest BCUT2D eigenvalue weighted by Gasteiger charge is 2.26. The Morgan fingerprint density at radius 3 is 2.17 bits per heavy atom. The third-order valence-corrected chi connectivity index (χ3v) is 3.97. The number of ether oxygens (including phenoxy) is 1. The highest BCUT2D eigenvalue weighted by atomic mass is 79.9. The summed E-state index contributed by atoms with van der Waals surface area (Å²) in [6.45, 7) is 9.37. The van der Waals surface area contributed by atoms with Crippen LogP contribution in [0.4, 0.5) is 4.79 Å². The van der Waals surface area contributed by atoms with E-state index in [0.29, 0.717) is 0 Å². The van der Waals surface area contributed by atoms with Crippen molar-refractivity contribution in [1.29, 1.82) is 0 Å². The number of alkyl carbamates (subject to hydrolysis) is 1. The van der Waals surface area contributed by atoms with Crippen LogP contribution in [0.1, 0.15) is 40.2 Å². The van der Waals surface area contributed by atoms with Crippen molar-refractivity contribution >= 4 is 22.0 Å². The van der Waals surface area contributed by atoms with E-state index in [1.807, 2.05) is 71.0 Å². The molecule has 1 aromatic heterocycles. The molecule has 2 rings (SSSR count). The number of carbonyl (C=O) groups is 1. The van der Waals surface area contributed by atoms with E-state index in [0.717, 1.165) is 21.3 Å². The summed E-state index contributed by atoms with van der Waals surface area (Å²) in [5, 5.41) is 2.89. The molecule has 1 amide bonds. The van der Waals surface area contributed by atoms with Crippen LogP contribution in [0.25, 0.3) is 11.3 Å². The standard InChI is InChI=1S/C19H23BrN2O2/c1-18(2,3)24-17(23)22-19(4,5)14-8-11-16(21-12-14)13-6-9-15(20)10-7-13/h6-12H,1-5H3,(H,22,23). The summed E-state index contributed by atoms with van der Waals surface area (Å²) in [6.07, 6.45) is 1.35. The molecule has 128 valence electrons. The van der Waals surface area contributed by atoms with Crippen molar-refractivity contribution in [3.63, 3.8) is 0 Å². The molecule has 0 spiro atoms. The van der Waals surface area contributed by atoms with Crippen molar-refractivity contribution in [2.75, 3.05) is 0 Å². The summed E-state index contributed by atoms with van der Waals surface area (Å²) in [6, 6.07) is 11.9. The van der Waals surface area contributed by atoms with Gasteiger partial charge in [0.15, 0.2) is 0 Å². The van der Waals surface area contributed by atoms with Crippen molar-refractivity contribution < 1.29 is 9.53 Å². The smallest absolute Gasteiger partial charge is 0.408 e. The zero-order chi connectivity index (χ0) is 18.0. The second kappa shape index (κ2) is 6.93. The van der Waals surface area contributed by atoms with E-state index in [1.165, 1.54) is 0 Å². The molecule has 0 saturated carbocycles. The molecule has 0 bridgehead atoms. The highest BCUT2D eigenvalue weighted by molar-refractivity contribution is 9.10. The molecule has 1 aromatic carbocycles. The Hall–Kier alpha value is -1.88. The number of hydrogen-bond acceptors (Lipinski definition) is 3. The van der Waals surface area contributed by atoms with Crippen LogP contribution in [0.5, 0.6) is 0 Å². The fourth-order valence-electron chi connectivity index (χ4n) is 2.19. The molecular weight excluding hydrogens is 368 g/mol. The maximum atomic E-state index is 12.0. The number of carbonyl (C=O) groups excluding carboxylic acids is 1. The minimum atomic E-state index is -0.576. The molecule has 0 aliphatic rings. The normalized spacial score (nSPS) is 11.9. The molecular formula is C19H23BrN2O2. The first-order chi connectivity index (χ1) is 11.1. The quantitative estimate of drug-likeness (QED) is 0.776. The van der Waals surface area contributed by atoms with Crippen LogP contribution in [0.3, 0.4) is 0 Å². The number of aromatic nitrogens is 1.